The molecule has 2 aromatic rings. The van der Waals surface area contributed by atoms with Crippen LogP contribution in [0.4, 0.5) is 5.88 Å². The van der Waals surface area contributed by atoms with Crippen molar-refractivity contribution in [3.05, 3.63) is 34.0 Å². The van der Waals surface area contributed by atoms with Gasteiger partial charge in [0.05, 0.1) is 12.3 Å². The van der Waals surface area contributed by atoms with Crippen LogP contribution in [0.1, 0.15) is 12.5 Å². The average molecular weight is 278 g/mol. The van der Waals surface area contributed by atoms with Crippen molar-refractivity contribution < 1.29 is 19.0 Å². The summed E-state index contributed by atoms with van der Waals surface area (Å²) >= 11 is 0. The Balaban J connectivity index is 2.33. The molecule has 2 heterocycles. The van der Waals surface area contributed by atoms with Gasteiger partial charge in [-0.25, -0.2) is 4.79 Å². The Morgan fingerprint density at radius 1 is 1.60 bits per heavy atom. The van der Waals surface area contributed by atoms with Gasteiger partial charge in [0, 0.05) is 25.7 Å². The Morgan fingerprint density at radius 3 is 2.95 bits per heavy atom. The number of aryl methyl sites for hydroxylation is 1. The first-order valence-electron chi connectivity index (χ1n) is 5.46. The molecule has 9 heteroatoms. The van der Waals surface area contributed by atoms with Gasteiger partial charge in [-0.3, -0.25) is 14.8 Å². The van der Waals surface area contributed by atoms with E-state index in [1.165, 1.54) is 30.0 Å². The third-order valence-corrected chi connectivity index (χ3v) is 2.24. The van der Waals surface area contributed by atoms with Gasteiger partial charge in [-0.1, -0.05) is 5.16 Å². The lowest BCUT2D eigenvalue weighted by Crippen LogP contribution is -1.92. The van der Waals surface area contributed by atoms with Crippen LogP contribution in [0, 0.1) is 10.1 Å². The first-order chi connectivity index (χ1) is 9.47. The van der Waals surface area contributed by atoms with Crippen LogP contribution in [0.2, 0.25) is 0 Å². The number of hydrogen-bond donors (Lipinski definition) is 0. The van der Waals surface area contributed by atoms with E-state index >= 15 is 0 Å². The van der Waals surface area contributed by atoms with Gasteiger partial charge in [0.15, 0.2) is 5.76 Å². The fraction of sp³-hybridized carbons (Fsp3) is 0.182. The Hall–Kier alpha value is -2.97. The number of carbonyl (C=O) groups excluding carboxylic acids is 1. The van der Waals surface area contributed by atoms with Crippen LogP contribution < -0.4 is 0 Å². The summed E-state index contributed by atoms with van der Waals surface area (Å²) in [5.41, 5.74) is 0.856. The first-order valence-corrected chi connectivity index (χ1v) is 5.46. The summed E-state index contributed by atoms with van der Waals surface area (Å²) in [5.74, 6) is -0.713. The number of hydrogen-bond acceptors (Lipinski definition) is 7. The molecule has 0 saturated carbocycles. The third-order valence-electron chi connectivity index (χ3n) is 2.24. The molecule has 2 rings (SSSR count). The van der Waals surface area contributed by atoms with Gasteiger partial charge < -0.3 is 9.25 Å². The van der Waals surface area contributed by atoms with Crippen LogP contribution >= 0.6 is 0 Å². The highest BCUT2D eigenvalue weighted by Crippen LogP contribution is 2.26. The summed E-state index contributed by atoms with van der Waals surface area (Å²) in [4.78, 5) is 25.0. The number of furan rings is 1. The normalized spacial score (nSPS) is 10.9. The van der Waals surface area contributed by atoms with Gasteiger partial charge >= 0.3 is 11.9 Å². The minimum atomic E-state index is -0.640. The fourth-order valence-electron chi connectivity index (χ4n) is 1.50. The van der Waals surface area contributed by atoms with E-state index in [0.717, 1.165) is 0 Å². The quantitative estimate of drug-likeness (QED) is 0.362. The van der Waals surface area contributed by atoms with E-state index in [9.17, 15) is 14.9 Å². The van der Waals surface area contributed by atoms with Crippen LogP contribution in [0.5, 0.6) is 0 Å². The minimum Gasteiger partial charge on any atom is -0.399 e. The molecule has 0 aliphatic heterocycles. The highest BCUT2D eigenvalue weighted by molar-refractivity contribution is 5.87. The van der Waals surface area contributed by atoms with Gasteiger partial charge in [-0.2, -0.15) is 5.10 Å². The molecule has 0 bridgehead atoms. The minimum absolute atomic E-state index is 0.224. The van der Waals surface area contributed by atoms with Gasteiger partial charge in [-0.05, 0) is 6.07 Å². The Bertz CT molecular complexity index is 685. The highest BCUT2D eigenvalue weighted by atomic mass is 16.7. The number of nitrogens with zero attached hydrogens (tertiary/aromatic N) is 4. The molecule has 104 valence electrons. The second kappa shape index (κ2) is 5.34. The van der Waals surface area contributed by atoms with Crippen molar-refractivity contribution in [2.45, 2.75) is 6.92 Å². The van der Waals surface area contributed by atoms with Crippen molar-refractivity contribution in [2.75, 3.05) is 0 Å². The zero-order valence-electron chi connectivity index (χ0n) is 10.6. The third kappa shape index (κ3) is 2.88. The monoisotopic (exact) mass is 278 g/mol. The summed E-state index contributed by atoms with van der Waals surface area (Å²) in [7, 11) is 1.67. The van der Waals surface area contributed by atoms with E-state index in [1.807, 2.05) is 0 Å². The predicted molar refractivity (Wildman–Crippen MR) is 66.9 cm³/mol. The molecule has 0 aromatic carbocycles. The molecule has 0 N–H and O–H groups in total. The van der Waals surface area contributed by atoms with E-state index in [1.54, 1.807) is 13.2 Å². The molecule has 0 amide bonds. The Kier molecular flexibility index (Phi) is 3.60. The van der Waals surface area contributed by atoms with Crippen molar-refractivity contribution in [2.24, 2.45) is 12.2 Å². The van der Waals surface area contributed by atoms with E-state index in [4.69, 9.17) is 4.42 Å². The molecule has 20 heavy (non-hydrogen) atoms. The second-order valence-corrected chi connectivity index (χ2v) is 3.82. The van der Waals surface area contributed by atoms with E-state index in [2.05, 4.69) is 15.1 Å². The van der Waals surface area contributed by atoms with Crippen molar-refractivity contribution >= 4 is 18.1 Å². The van der Waals surface area contributed by atoms with Crippen LogP contribution in [-0.4, -0.2) is 26.9 Å². The SMILES string of the molecule is CC(=O)O/N=C/c1cn(C)nc1-c1ccc([N+](=O)[O-])o1. The molecule has 0 aliphatic carbocycles. The second-order valence-electron chi connectivity index (χ2n) is 3.82. The molecule has 0 fully saturated rings. The summed E-state index contributed by atoms with van der Waals surface area (Å²) < 4.78 is 6.55. The molecular formula is C11H10N4O5. The lowest BCUT2D eigenvalue weighted by molar-refractivity contribution is -0.401. The first kappa shape index (κ1) is 13.5. The van der Waals surface area contributed by atoms with Gasteiger partial charge in [0.25, 0.3) is 0 Å². The number of aromatic nitrogens is 2. The molecule has 2 aromatic heterocycles. The Morgan fingerprint density at radius 2 is 2.35 bits per heavy atom. The fourth-order valence-corrected chi connectivity index (χ4v) is 1.50. The summed E-state index contributed by atoms with van der Waals surface area (Å²) in [5, 5.41) is 18.2. The van der Waals surface area contributed by atoms with E-state index in [-0.39, 0.29) is 11.6 Å². The molecule has 0 radical (unpaired) electrons. The maximum Gasteiger partial charge on any atom is 0.433 e. The molecule has 0 unspecified atom stereocenters. The molecule has 0 aliphatic rings. The molecule has 0 spiro atoms. The van der Waals surface area contributed by atoms with Gasteiger partial charge in [-0.15, -0.1) is 0 Å². The smallest absolute Gasteiger partial charge is 0.399 e. The summed E-state index contributed by atoms with van der Waals surface area (Å²) in [6.45, 7) is 1.22. The van der Waals surface area contributed by atoms with Crippen molar-refractivity contribution in [1.82, 2.24) is 9.78 Å². The number of nitro groups is 1. The van der Waals surface area contributed by atoms with Crippen LogP contribution in [-0.2, 0) is 16.7 Å². The van der Waals surface area contributed by atoms with Gasteiger partial charge in [0.1, 0.15) is 10.6 Å². The summed E-state index contributed by atoms with van der Waals surface area (Å²) in [6, 6.07) is 2.67. The largest absolute Gasteiger partial charge is 0.433 e. The van der Waals surface area contributed by atoms with Crippen LogP contribution in [0.15, 0.2) is 27.9 Å². The van der Waals surface area contributed by atoms with Gasteiger partial charge in [0.2, 0.25) is 0 Å². The maximum atomic E-state index is 10.6. The average Bonchev–Trinajstić information content (AvgIpc) is 2.95. The van der Waals surface area contributed by atoms with Crippen molar-refractivity contribution in [3.8, 4) is 11.5 Å². The summed E-state index contributed by atoms with van der Waals surface area (Å²) in [6.07, 6.45) is 2.88. The van der Waals surface area contributed by atoms with Crippen molar-refractivity contribution in [1.29, 1.82) is 0 Å². The maximum absolute atomic E-state index is 10.6. The number of carbonyl (C=O) groups is 1. The zero-order chi connectivity index (χ0) is 14.7. The molecule has 0 atom stereocenters. The van der Waals surface area contributed by atoms with E-state index < -0.39 is 10.9 Å². The lowest BCUT2D eigenvalue weighted by Gasteiger charge is -1.92. The standard InChI is InChI=1S/C11H10N4O5/c1-7(16)20-12-5-8-6-14(2)13-11(8)9-3-4-10(19-9)15(17)18/h3-6H,1-2H3/b12-5+. The van der Waals surface area contributed by atoms with Crippen LogP contribution in [0.3, 0.4) is 0 Å². The topological polar surface area (TPSA) is 113 Å². The van der Waals surface area contributed by atoms with Crippen molar-refractivity contribution in [3.63, 3.8) is 0 Å². The predicted octanol–water partition coefficient (Wildman–Crippen LogP) is 1.49. The number of oxime groups is 1. The zero-order valence-corrected chi connectivity index (χ0v) is 10.6. The molecule has 9 nitrogen and oxygen atoms in total. The number of rotatable bonds is 4. The van der Waals surface area contributed by atoms with E-state index in [0.29, 0.717) is 11.3 Å². The molecule has 0 saturated heterocycles. The molecular weight excluding hydrogens is 268 g/mol. The lowest BCUT2D eigenvalue weighted by atomic mass is 10.2. The van der Waals surface area contributed by atoms with Crippen LogP contribution in [0.25, 0.3) is 11.5 Å². The Labute approximate surface area is 112 Å². The highest BCUT2D eigenvalue weighted by Gasteiger charge is 2.17.